The molecule has 1 N–H and O–H groups in total. The molecule has 0 aromatic heterocycles. The van der Waals surface area contributed by atoms with Gasteiger partial charge in [-0.15, -0.1) is 0 Å². The zero-order valence-electron chi connectivity index (χ0n) is 17.6. The van der Waals surface area contributed by atoms with Gasteiger partial charge in [-0.05, 0) is 79.7 Å². The maximum absolute atomic E-state index is 12.7. The molecule has 1 saturated heterocycles. The Morgan fingerprint density at radius 3 is 2.19 bits per heavy atom. The lowest BCUT2D eigenvalue weighted by Crippen LogP contribution is -2.28. The van der Waals surface area contributed by atoms with Gasteiger partial charge in [0.1, 0.15) is 17.2 Å². The lowest BCUT2D eigenvalue weighted by molar-refractivity contribution is -0.122. The van der Waals surface area contributed by atoms with Crippen LogP contribution in [0.2, 0.25) is 5.02 Å². The fraction of sp³-hybridized carbons (Fsp3) is 0.200. The summed E-state index contributed by atoms with van der Waals surface area (Å²) in [5.74, 6) is 1.40. The molecule has 0 unspecified atom stereocenters. The maximum Gasteiger partial charge on any atom is 0.229 e. The number of halogens is 1. The molecule has 0 aliphatic carbocycles. The van der Waals surface area contributed by atoms with E-state index in [-0.39, 0.29) is 18.2 Å². The lowest BCUT2D eigenvalue weighted by Gasteiger charge is -2.17. The average molecular weight is 451 g/mol. The predicted octanol–water partition coefficient (Wildman–Crippen LogP) is 5.52. The van der Waals surface area contributed by atoms with E-state index in [1.165, 1.54) is 0 Å². The Morgan fingerprint density at radius 1 is 0.969 bits per heavy atom. The Hall–Kier alpha value is -3.51. The first-order valence-corrected chi connectivity index (χ1v) is 10.8. The van der Waals surface area contributed by atoms with E-state index in [0.29, 0.717) is 35.4 Å². The number of hydrogen-bond acceptors (Lipinski definition) is 4. The number of nitrogens with zero attached hydrogens (tertiary/aromatic N) is 1. The van der Waals surface area contributed by atoms with Gasteiger partial charge >= 0.3 is 0 Å². The maximum atomic E-state index is 12.7. The molecule has 1 heterocycles. The van der Waals surface area contributed by atoms with E-state index >= 15 is 0 Å². The quantitative estimate of drug-likeness (QED) is 0.514. The molecule has 1 fully saturated rings. The largest absolute Gasteiger partial charge is 0.494 e. The van der Waals surface area contributed by atoms with Crippen LogP contribution >= 0.6 is 11.6 Å². The topological polar surface area (TPSA) is 67.9 Å². The van der Waals surface area contributed by atoms with Crippen molar-refractivity contribution in [3.63, 3.8) is 0 Å². The van der Waals surface area contributed by atoms with Crippen LogP contribution in [0.5, 0.6) is 17.2 Å². The fourth-order valence-corrected chi connectivity index (χ4v) is 3.64. The Labute approximate surface area is 191 Å². The molecule has 1 atom stereocenters. The van der Waals surface area contributed by atoms with Crippen molar-refractivity contribution in [1.29, 1.82) is 0 Å². The van der Waals surface area contributed by atoms with Crippen molar-refractivity contribution >= 4 is 34.8 Å². The third-order valence-corrected chi connectivity index (χ3v) is 5.38. The summed E-state index contributed by atoms with van der Waals surface area (Å²) >= 11 is 5.88. The average Bonchev–Trinajstić information content (AvgIpc) is 3.19. The molecule has 1 aliphatic rings. The standard InChI is InChI=1S/C25H23ClN2O4/c1-2-31-21-13-7-20(8-14-21)28-16-17(15-24(28)29)25(30)27-19-5-11-23(12-6-19)32-22-9-3-18(26)4-10-22/h3-14,17H,2,15-16H2,1H3,(H,27,30)/t17-/m1/s1. The summed E-state index contributed by atoms with van der Waals surface area (Å²) in [4.78, 5) is 26.9. The van der Waals surface area contributed by atoms with Gasteiger partial charge in [0, 0.05) is 29.4 Å². The molecule has 0 saturated carbocycles. The number of ether oxygens (including phenoxy) is 2. The van der Waals surface area contributed by atoms with Crippen molar-refractivity contribution in [1.82, 2.24) is 0 Å². The summed E-state index contributed by atoms with van der Waals surface area (Å²) in [6.45, 7) is 2.84. The Balaban J connectivity index is 1.34. The van der Waals surface area contributed by atoms with E-state index in [2.05, 4.69) is 5.32 Å². The highest BCUT2D eigenvalue weighted by molar-refractivity contribution is 6.30. The SMILES string of the molecule is CCOc1ccc(N2C[C@H](C(=O)Nc3ccc(Oc4ccc(Cl)cc4)cc3)CC2=O)cc1. The summed E-state index contributed by atoms with van der Waals surface area (Å²) in [5, 5.41) is 3.53. The van der Waals surface area contributed by atoms with E-state index in [0.717, 1.165) is 11.4 Å². The van der Waals surface area contributed by atoms with Gasteiger partial charge in [-0.25, -0.2) is 0 Å². The molecule has 3 aromatic carbocycles. The second-order valence-electron chi connectivity index (χ2n) is 7.40. The predicted molar refractivity (Wildman–Crippen MR) is 125 cm³/mol. The number of carbonyl (C=O) groups excluding carboxylic acids is 2. The Kier molecular flexibility index (Phi) is 6.61. The summed E-state index contributed by atoms with van der Waals surface area (Å²) in [6.07, 6.45) is 0.177. The lowest BCUT2D eigenvalue weighted by atomic mass is 10.1. The summed E-state index contributed by atoms with van der Waals surface area (Å²) < 4.78 is 11.2. The van der Waals surface area contributed by atoms with E-state index in [4.69, 9.17) is 21.1 Å². The van der Waals surface area contributed by atoms with Gasteiger partial charge in [-0.2, -0.15) is 0 Å². The number of carbonyl (C=O) groups is 2. The van der Waals surface area contributed by atoms with E-state index in [1.54, 1.807) is 53.4 Å². The van der Waals surface area contributed by atoms with Gasteiger partial charge in [0.25, 0.3) is 0 Å². The number of amides is 2. The Morgan fingerprint density at radius 2 is 1.56 bits per heavy atom. The van der Waals surface area contributed by atoms with Crippen molar-refractivity contribution < 1.29 is 19.1 Å². The van der Waals surface area contributed by atoms with Crippen molar-refractivity contribution in [2.75, 3.05) is 23.4 Å². The molecule has 0 bridgehead atoms. The first kappa shape index (κ1) is 21.7. The van der Waals surface area contributed by atoms with Crippen molar-refractivity contribution in [3.8, 4) is 17.2 Å². The van der Waals surface area contributed by atoms with Crippen LogP contribution in [0.4, 0.5) is 11.4 Å². The molecule has 0 spiro atoms. The minimum atomic E-state index is -0.418. The van der Waals surface area contributed by atoms with Gasteiger partial charge in [0.2, 0.25) is 11.8 Å². The van der Waals surface area contributed by atoms with Crippen LogP contribution in [0.3, 0.4) is 0 Å². The fourth-order valence-electron chi connectivity index (χ4n) is 3.51. The van der Waals surface area contributed by atoms with Gasteiger partial charge in [-0.3, -0.25) is 9.59 Å². The molecule has 7 heteroatoms. The molecule has 0 radical (unpaired) electrons. The number of rotatable bonds is 7. The second-order valence-corrected chi connectivity index (χ2v) is 7.84. The summed E-state index contributed by atoms with van der Waals surface area (Å²) in [7, 11) is 0. The third kappa shape index (κ3) is 5.21. The van der Waals surface area contributed by atoms with Crippen LogP contribution in [0.1, 0.15) is 13.3 Å². The van der Waals surface area contributed by atoms with Gasteiger partial charge in [0.15, 0.2) is 0 Å². The number of anilines is 2. The molecule has 32 heavy (non-hydrogen) atoms. The van der Waals surface area contributed by atoms with Gasteiger partial charge in [-0.1, -0.05) is 11.6 Å². The van der Waals surface area contributed by atoms with E-state index in [1.807, 2.05) is 31.2 Å². The zero-order valence-corrected chi connectivity index (χ0v) is 18.3. The highest BCUT2D eigenvalue weighted by Crippen LogP contribution is 2.28. The molecular formula is C25H23ClN2O4. The van der Waals surface area contributed by atoms with Crippen LogP contribution in [-0.2, 0) is 9.59 Å². The van der Waals surface area contributed by atoms with Crippen LogP contribution in [0.15, 0.2) is 72.8 Å². The zero-order chi connectivity index (χ0) is 22.5. The van der Waals surface area contributed by atoms with Gasteiger partial charge < -0.3 is 19.7 Å². The molecule has 3 aromatic rings. The molecule has 1 aliphatic heterocycles. The highest BCUT2D eigenvalue weighted by atomic mass is 35.5. The second kappa shape index (κ2) is 9.75. The monoisotopic (exact) mass is 450 g/mol. The van der Waals surface area contributed by atoms with Crippen LogP contribution in [0, 0.1) is 5.92 Å². The van der Waals surface area contributed by atoms with E-state index < -0.39 is 5.92 Å². The van der Waals surface area contributed by atoms with Gasteiger partial charge in [0.05, 0.1) is 12.5 Å². The highest BCUT2D eigenvalue weighted by Gasteiger charge is 2.35. The van der Waals surface area contributed by atoms with Crippen LogP contribution in [-0.4, -0.2) is 25.0 Å². The minimum absolute atomic E-state index is 0.0685. The summed E-state index contributed by atoms with van der Waals surface area (Å²) in [5.41, 5.74) is 1.41. The molecule has 4 rings (SSSR count). The third-order valence-electron chi connectivity index (χ3n) is 5.13. The normalized spacial score (nSPS) is 15.5. The number of nitrogens with one attached hydrogen (secondary N) is 1. The number of benzene rings is 3. The molecular weight excluding hydrogens is 428 g/mol. The first-order chi connectivity index (χ1) is 15.5. The van der Waals surface area contributed by atoms with E-state index in [9.17, 15) is 9.59 Å². The van der Waals surface area contributed by atoms with Crippen molar-refractivity contribution in [2.45, 2.75) is 13.3 Å². The molecule has 2 amide bonds. The minimum Gasteiger partial charge on any atom is -0.494 e. The smallest absolute Gasteiger partial charge is 0.229 e. The van der Waals surface area contributed by atoms with Crippen LogP contribution < -0.4 is 19.7 Å². The Bertz CT molecular complexity index is 1080. The van der Waals surface area contributed by atoms with Crippen molar-refractivity contribution in [2.24, 2.45) is 5.92 Å². The summed E-state index contributed by atoms with van der Waals surface area (Å²) in [6, 6.07) is 21.5. The van der Waals surface area contributed by atoms with Crippen molar-refractivity contribution in [3.05, 3.63) is 77.8 Å². The first-order valence-electron chi connectivity index (χ1n) is 10.4. The molecule has 164 valence electrons. The molecule has 6 nitrogen and oxygen atoms in total. The van der Waals surface area contributed by atoms with Crippen LogP contribution in [0.25, 0.3) is 0 Å². The number of hydrogen-bond donors (Lipinski definition) is 1.